The lowest BCUT2D eigenvalue weighted by Gasteiger charge is -2.10. The molecule has 134 valence electrons. The van der Waals surface area contributed by atoms with E-state index in [4.69, 9.17) is 11.6 Å². The predicted octanol–water partition coefficient (Wildman–Crippen LogP) is 6.25. The molecule has 0 bridgehead atoms. The van der Waals surface area contributed by atoms with Crippen molar-refractivity contribution in [3.63, 3.8) is 0 Å². The van der Waals surface area contributed by atoms with Crippen LogP contribution in [0.1, 0.15) is 9.67 Å². The minimum atomic E-state index is -0.523. The molecule has 0 aliphatic rings. The molecule has 0 aliphatic heterocycles. The number of anilines is 1. The van der Waals surface area contributed by atoms with E-state index in [1.54, 1.807) is 0 Å². The van der Waals surface area contributed by atoms with Gasteiger partial charge in [-0.2, -0.15) is 0 Å². The van der Waals surface area contributed by atoms with Crippen LogP contribution in [-0.4, -0.2) is 10.5 Å². The molecule has 4 rings (SSSR count). The molecule has 2 aromatic carbocycles. The summed E-state index contributed by atoms with van der Waals surface area (Å²) in [5.41, 5.74) is 3.25. The van der Waals surface area contributed by atoms with E-state index in [9.17, 15) is 9.18 Å². The third-order valence-electron chi connectivity index (χ3n) is 4.10. The average Bonchev–Trinajstić information content (AvgIpc) is 3.34. The predicted molar refractivity (Wildman–Crippen MR) is 108 cm³/mol. The van der Waals surface area contributed by atoms with Crippen molar-refractivity contribution >= 4 is 34.5 Å². The standard InChI is InChI=1S/C21H14ClFN2OS/c22-17-12-15(8-9-18(17)23)24-21(26)20-19(25-10-4-5-11-25)16(13-27-20)14-6-2-1-3-7-14/h1-13H,(H,24,26). The Morgan fingerprint density at radius 2 is 1.78 bits per heavy atom. The lowest BCUT2D eigenvalue weighted by atomic mass is 10.1. The van der Waals surface area contributed by atoms with Gasteiger partial charge in [0.1, 0.15) is 10.7 Å². The van der Waals surface area contributed by atoms with Gasteiger partial charge in [-0.1, -0.05) is 41.9 Å². The molecule has 0 aliphatic carbocycles. The molecule has 0 saturated carbocycles. The molecular formula is C21H14ClFN2OS. The molecule has 1 amide bonds. The van der Waals surface area contributed by atoms with Gasteiger partial charge in [-0.25, -0.2) is 4.39 Å². The molecule has 6 heteroatoms. The van der Waals surface area contributed by atoms with Gasteiger partial charge in [0, 0.05) is 29.0 Å². The average molecular weight is 397 g/mol. The Kier molecular flexibility index (Phi) is 4.79. The van der Waals surface area contributed by atoms with E-state index in [1.807, 2.05) is 64.8 Å². The molecule has 0 spiro atoms. The summed E-state index contributed by atoms with van der Waals surface area (Å²) in [4.78, 5) is 13.5. The van der Waals surface area contributed by atoms with Gasteiger partial charge in [0.25, 0.3) is 5.91 Å². The monoisotopic (exact) mass is 396 g/mol. The molecule has 0 saturated heterocycles. The molecule has 2 heterocycles. The van der Waals surface area contributed by atoms with Crippen LogP contribution >= 0.6 is 22.9 Å². The number of hydrogen-bond acceptors (Lipinski definition) is 2. The number of carbonyl (C=O) groups excluding carboxylic acids is 1. The highest BCUT2D eigenvalue weighted by Gasteiger charge is 2.20. The van der Waals surface area contributed by atoms with E-state index in [0.29, 0.717) is 10.6 Å². The van der Waals surface area contributed by atoms with Gasteiger partial charge in [0.2, 0.25) is 0 Å². The second-order valence-corrected chi connectivity index (χ2v) is 7.15. The summed E-state index contributed by atoms with van der Waals surface area (Å²) in [5, 5.41) is 4.74. The van der Waals surface area contributed by atoms with Crippen LogP contribution in [0.15, 0.2) is 78.4 Å². The Morgan fingerprint density at radius 1 is 1.04 bits per heavy atom. The highest BCUT2D eigenvalue weighted by molar-refractivity contribution is 7.13. The fourth-order valence-electron chi connectivity index (χ4n) is 2.84. The smallest absolute Gasteiger partial charge is 0.267 e. The van der Waals surface area contributed by atoms with E-state index in [0.717, 1.165) is 16.8 Å². The Morgan fingerprint density at radius 3 is 2.48 bits per heavy atom. The summed E-state index contributed by atoms with van der Waals surface area (Å²) in [6.07, 6.45) is 3.81. The van der Waals surface area contributed by atoms with E-state index in [-0.39, 0.29) is 10.9 Å². The minimum absolute atomic E-state index is 0.0328. The van der Waals surface area contributed by atoms with Crippen LogP contribution in [0.5, 0.6) is 0 Å². The van der Waals surface area contributed by atoms with Crippen molar-refractivity contribution in [3.8, 4) is 16.8 Å². The van der Waals surface area contributed by atoms with E-state index in [2.05, 4.69) is 5.32 Å². The van der Waals surface area contributed by atoms with Crippen molar-refractivity contribution in [2.75, 3.05) is 5.32 Å². The van der Waals surface area contributed by atoms with Gasteiger partial charge in [-0.05, 0) is 35.9 Å². The van der Waals surface area contributed by atoms with Gasteiger partial charge in [-0.15, -0.1) is 11.3 Å². The zero-order valence-corrected chi connectivity index (χ0v) is 15.6. The lowest BCUT2D eigenvalue weighted by Crippen LogP contribution is -2.13. The second kappa shape index (κ2) is 7.39. The normalized spacial score (nSPS) is 10.7. The molecule has 4 aromatic rings. The van der Waals surface area contributed by atoms with Gasteiger partial charge in [0.05, 0.1) is 10.7 Å². The van der Waals surface area contributed by atoms with Gasteiger partial charge in [-0.3, -0.25) is 4.79 Å². The maximum absolute atomic E-state index is 13.4. The first kappa shape index (κ1) is 17.5. The first-order chi connectivity index (χ1) is 13.1. The number of nitrogens with zero attached hydrogens (tertiary/aromatic N) is 1. The van der Waals surface area contributed by atoms with E-state index < -0.39 is 5.82 Å². The molecule has 27 heavy (non-hydrogen) atoms. The Labute approximate surface area is 164 Å². The molecule has 1 N–H and O–H groups in total. The highest BCUT2D eigenvalue weighted by atomic mass is 35.5. The van der Waals surface area contributed by atoms with Crippen LogP contribution in [0.3, 0.4) is 0 Å². The maximum atomic E-state index is 13.4. The van der Waals surface area contributed by atoms with Crippen LogP contribution < -0.4 is 5.32 Å². The first-order valence-corrected chi connectivity index (χ1v) is 9.46. The summed E-state index contributed by atoms with van der Waals surface area (Å²) in [6.45, 7) is 0. The van der Waals surface area contributed by atoms with Crippen molar-refractivity contribution in [1.29, 1.82) is 0 Å². The van der Waals surface area contributed by atoms with Crippen LogP contribution in [0.25, 0.3) is 16.8 Å². The molecule has 2 aromatic heterocycles. The zero-order valence-electron chi connectivity index (χ0n) is 14.0. The lowest BCUT2D eigenvalue weighted by molar-refractivity contribution is 0.103. The number of nitrogens with one attached hydrogen (secondary N) is 1. The summed E-state index contributed by atoms with van der Waals surface area (Å²) in [7, 11) is 0. The summed E-state index contributed by atoms with van der Waals surface area (Å²) < 4.78 is 15.3. The van der Waals surface area contributed by atoms with E-state index >= 15 is 0 Å². The topological polar surface area (TPSA) is 34.0 Å². The van der Waals surface area contributed by atoms with Crippen LogP contribution in [-0.2, 0) is 0 Å². The summed E-state index contributed by atoms with van der Waals surface area (Å²) in [6, 6.07) is 17.8. The number of carbonyl (C=O) groups is 1. The number of benzene rings is 2. The Bertz CT molecular complexity index is 1090. The molecule has 0 fully saturated rings. The summed E-state index contributed by atoms with van der Waals surface area (Å²) in [5.74, 6) is -0.793. The number of hydrogen-bond donors (Lipinski definition) is 1. The summed E-state index contributed by atoms with van der Waals surface area (Å²) >= 11 is 7.18. The quantitative estimate of drug-likeness (QED) is 0.434. The fraction of sp³-hybridized carbons (Fsp3) is 0. The second-order valence-electron chi connectivity index (χ2n) is 5.87. The number of rotatable bonds is 4. The molecule has 3 nitrogen and oxygen atoms in total. The third kappa shape index (κ3) is 3.52. The third-order valence-corrected chi connectivity index (χ3v) is 5.35. The van der Waals surface area contributed by atoms with Crippen molar-refractivity contribution in [3.05, 3.63) is 94.2 Å². The van der Waals surface area contributed by atoms with Crippen molar-refractivity contribution in [2.24, 2.45) is 0 Å². The number of amides is 1. The van der Waals surface area contributed by atoms with Crippen LogP contribution in [0.2, 0.25) is 5.02 Å². The van der Waals surface area contributed by atoms with Crippen LogP contribution in [0.4, 0.5) is 10.1 Å². The van der Waals surface area contributed by atoms with Crippen LogP contribution in [0, 0.1) is 5.82 Å². The Balaban J connectivity index is 1.75. The zero-order chi connectivity index (χ0) is 18.8. The largest absolute Gasteiger partial charge is 0.322 e. The number of thiophene rings is 1. The maximum Gasteiger partial charge on any atom is 0.267 e. The molecule has 0 atom stereocenters. The number of aromatic nitrogens is 1. The van der Waals surface area contributed by atoms with Gasteiger partial charge < -0.3 is 9.88 Å². The van der Waals surface area contributed by atoms with Crippen molar-refractivity contribution in [2.45, 2.75) is 0 Å². The highest BCUT2D eigenvalue weighted by Crippen LogP contribution is 2.35. The number of halogens is 2. The van der Waals surface area contributed by atoms with E-state index in [1.165, 1.54) is 29.5 Å². The molecule has 0 unspecified atom stereocenters. The van der Waals surface area contributed by atoms with Gasteiger partial charge in [0.15, 0.2) is 0 Å². The van der Waals surface area contributed by atoms with Crippen molar-refractivity contribution < 1.29 is 9.18 Å². The molecular weight excluding hydrogens is 383 g/mol. The Hall–Kier alpha value is -2.89. The van der Waals surface area contributed by atoms with Gasteiger partial charge >= 0.3 is 0 Å². The molecule has 0 radical (unpaired) electrons. The minimum Gasteiger partial charge on any atom is -0.322 e. The fourth-order valence-corrected chi connectivity index (χ4v) is 3.99. The van der Waals surface area contributed by atoms with Crippen molar-refractivity contribution in [1.82, 2.24) is 4.57 Å². The SMILES string of the molecule is O=C(Nc1ccc(F)c(Cl)c1)c1scc(-c2ccccc2)c1-n1cccc1. The first-order valence-electron chi connectivity index (χ1n) is 8.20.